The fourth-order valence-electron chi connectivity index (χ4n) is 1.81. The van der Waals surface area contributed by atoms with Gasteiger partial charge in [0.1, 0.15) is 11.5 Å². The molecule has 2 heterocycles. The van der Waals surface area contributed by atoms with Gasteiger partial charge in [0.25, 0.3) is 5.91 Å². The first-order chi connectivity index (χ1) is 8.22. The van der Waals surface area contributed by atoms with E-state index >= 15 is 0 Å². The summed E-state index contributed by atoms with van der Waals surface area (Å²) in [5, 5.41) is 5.61. The van der Waals surface area contributed by atoms with Gasteiger partial charge < -0.3 is 15.5 Å². The van der Waals surface area contributed by atoms with Crippen molar-refractivity contribution in [2.75, 3.05) is 38.1 Å². The number of hydrogen-bond donors (Lipinski definition) is 2. The first kappa shape index (κ1) is 11.8. The number of halogens is 1. The maximum Gasteiger partial charge on any atom is 0.269 e. The number of nitrogens with zero attached hydrogens (tertiary/aromatic N) is 2. The molecule has 1 aromatic rings. The molecule has 0 aromatic carbocycles. The zero-order chi connectivity index (χ0) is 12.3. The number of pyridine rings is 1. The van der Waals surface area contributed by atoms with Crippen molar-refractivity contribution in [1.82, 2.24) is 15.6 Å². The van der Waals surface area contributed by atoms with Gasteiger partial charge in [-0.1, -0.05) is 0 Å². The Bertz CT molecular complexity index is 418. The van der Waals surface area contributed by atoms with Crippen molar-refractivity contribution in [1.29, 1.82) is 0 Å². The molecule has 2 rings (SSSR count). The third-order valence-electron chi connectivity index (χ3n) is 2.75. The highest BCUT2D eigenvalue weighted by Crippen LogP contribution is 2.19. The quantitative estimate of drug-likeness (QED) is 0.761. The zero-order valence-electron chi connectivity index (χ0n) is 9.66. The molecule has 0 atom stereocenters. The fraction of sp³-hybridized carbons (Fsp3) is 0.455. The number of amides is 1. The third-order valence-corrected chi connectivity index (χ3v) is 2.75. The molecule has 5 nitrogen and oxygen atoms in total. The lowest BCUT2D eigenvalue weighted by Gasteiger charge is -2.29. The molecule has 1 fully saturated rings. The van der Waals surface area contributed by atoms with E-state index in [0.29, 0.717) is 5.69 Å². The predicted octanol–water partition coefficient (Wildman–Crippen LogP) is -0.0101. The van der Waals surface area contributed by atoms with Crippen molar-refractivity contribution in [3.63, 3.8) is 0 Å². The molecule has 2 N–H and O–H groups in total. The highest BCUT2D eigenvalue weighted by Gasteiger charge is 2.16. The molecule has 0 saturated carbocycles. The largest absolute Gasteiger partial charge is 0.365 e. The Balaban J connectivity index is 2.21. The molecule has 1 aliphatic heterocycles. The van der Waals surface area contributed by atoms with Crippen LogP contribution in [0.1, 0.15) is 10.5 Å². The summed E-state index contributed by atoms with van der Waals surface area (Å²) in [7, 11) is 1.49. The van der Waals surface area contributed by atoms with Crippen LogP contribution in [0.25, 0.3) is 0 Å². The molecular weight excluding hydrogens is 223 g/mol. The molecule has 0 radical (unpaired) electrons. The van der Waals surface area contributed by atoms with Crippen molar-refractivity contribution < 1.29 is 9.18 Å². The van der Waals surface area contributed by atoms with Crippen LogP contribution in [0.2, 0.25) is 0 Å². The van der Waals surface area contributed by atoms with Crippen LogP contribution in [0.3, 0.4) is 0 Å². The molecule has 1 amide bonds. The number of carbonyl (C=O) groups is 1. The average Bonchev–Trinajstić information content (AvgIpc) is 2.38. The zero-order valence-corrected chi connectivity index (χ0v) is 9.66. The van der Waals surface area contributed by atoms with Crippen LogP contribution in [0.5, 0.6) is 0 Å². The second kappa shape index (κ2) is 5.09. The average molecular weight is 238 g/mol. The second-order valence-corrected chi connectivity index (χ2v) is 3.84. The van der Waals surface area contributed by atoms with Crippen LogP contribution in [-0.2, 0) is 0 Å². The van der Waals surface area contributed by atoms with Crippen LogP contribution in [-0.4, -0.2) is 44.1 Å². The van der Waals surface area contributed by atoms with Crippen molar-refractivity contribution in [2.24, 2.45) is 0 Å². The normalized spacial score (nSPS) is 15.8. The highest BCUT2D eigenvalue weighted by molar-refractivity contribution is 5.92. The van der Waals surface area contributed by atoms with Crippen molar-refractivity contribution in [3.05, 3.63) is 23.8 Å². The lowest BCUT2D eigenvalue weighted by atomic mass is 10.2. The van der Waals surface area contributed by atoms with Gasteiger partial charge in [-0.15, -0.1) is 0 Å². The Hall–Kier alpha value is -1.69. The molecule has 0 bridgehead atoms. The number of aromatic nitrogens is 1. The number of hydrogen-bond acceptors (Lipinski definition) is 4. The topological polar surface area (TPSA) is 57.3 Å². The molecule has 0 unspecified atom stereocenters. The molecule has 1 aliphatic rings. The van der Waals surface area contributed by atoms with Crippen LogP contribution < -0.4 is 15.5 Å². The second-order valence-electron chi connectivity index (χ2n) is 3.84. The van der Waals surface area contributed by atoms with Crippen LogP contribution in [0.4, 0.5) is 10.1 Å². The van der Waals surface area contributed by atoms with E-state index in [2.05, 4.69) is 15.6 Å². The summed E-state index contributed by atoms with van der Waals surface area (Å²) in [4.78, 5) is 17.2. The molecule has 0 aliphatic carbocycles. The van der Waals surface area contributed by atoms with Gasteiger partial charge in [-0.2, -0.15) is 0 Å². The Kier molecular flexibility index (Phi) is 3.53. The van der Waals surface area contributed by atoms with Crippen LogP contribution in [0.15, 0.2) is 12.3 Å². The van der Waals surface area contributed by atoms with Crippen molar-refractivity contribution >= 4 is 11.6 Å². The first-order valence-corrected chi connectivity index (χ1v) is 5.55. The molecule has 92 valence electrons. The van der Waals surface area contributed by atoms with Gasteiger partial charge >= 0.3 is 0 Å². The Morgan fingerprint density at radius 2 is 2.24 bits per heavy atom. The Morgan fingerprint density at radius 1 is 1.53 bits per heavy atom. The van der Waals surface area contributed by atoms with E-state index in [-0.39, 0.29) is 11.6 Å². The van der Waals surface area contributed by atoms with Crippen LogP contribution in [0, 0.1) is 5.82 Å². The number of anilines is 1. The third kappa shape index (κ3) is 2.52. The Morgan fingerprint density at radius 3 is 2.82 bits per heavy atom. The minimum atomic E-state index is -0.402. The summed E-state index contributed by atoms with van der Waals surface area (Å²) in [6.45, 7) is 3.16. The van der Waals surface area contributed by atoms with Gasteiger partial charge in [0, 0.05) is 39.3 Å². The Labute approximate surface area is 99.0 Å². The molecule has 17 heavy (non-hydrogen) atoms. The number of carbonyl (C=O) groups excluding carboxylic acids is 1. The van der Waals surface area contributed by atoms with E-state index in [1.165, 1.54) is 19.3 Å². The standard InChI is InChI=1S/C11H15FN4O/c1-13-11(17)9-6-8(12)10(7-15-9)16-4-2-14-3-5-16/h6-7,14H,2-5H2,1H3,(H,13,17). The number of rotatable bonds is 2. The first-order valence-electron chi connectivity index (χ1n) is 5.55. The highest BCUT2D eigenvalue weighted by atomic mass is 19.1. The summed E-state index contributed by atoms with van der Waals surface area (Å²) in [5.74, 6) is -0.781. The minimum absolute atomic E-state index is 0.101. The molecule has 0 spiro atoms. The summed E-state index contributed by atoms with van der Waals surface area (Å²) < 4.78 is 13.8. The van der Waals surface area contributed by atoms with Crippen molar-refractivity contribution in [3.8, 4) is 0 Å². The summed E-state index contributed by atoms with van der Waals surface area (Å²) in [6, 6.07) is 1.18. The minimum Gasteiger partial charge on any atom is -0.365 e. The number of nitrogens with one attached hydrogen (secondary N) is 2. The lowest BCUT2D eigenvalue weighted by Crippen LogP contribution is -2.44. The SMILES string of the molecule is CNC(=O)c1cc(F)c(N2CCNCC2)cn1. The number of piperazine rings is 1. The molecule has 6 heteroatoms. The smallest absolute Gasteiger partial charge is 0.269 e. The van der Waals surface area contributed by atoms with Gasteiger partial charge in [0.05, 0.1) is 11.9 Å². The van der Waals surface area contributed by atoms with Gasteiger partial charge in [0.2, 0.25) is 0 Å². The summed E-state index contributed by atoms with van der Waals surface area (Å²) in [5.41, 5.74) is 0.558. The lowest BCUT2D eigenvalue weighted by molar-refractivity contribution is 0.0957. The van der Waals surface area contributed by atoms with Crippen molar-refractivity contribution in [2.45, 2.75) is 0 Å². The maximum atomic E-state index is 13.8. The summed E-state index contributed by atoms with van der Waals surface area (Å²) in [6.07, 6.45) is 1.42. The summed E-state index contributed by atoms with van der Waals surface area (Å²) >= 11 is 0. The molecule has 1 aromatic heterocycles. The van der Waals surface area contributed by atoms with E-state index in [0.717, 1.165) is 26.2 Å². The maximum absolute atomic E-state index is 13.8. The van der Waals surface area contributed by atoms with Gasteiger partial charge in [-0.3, -0.25) is 4.79 Å². The fourth-order valence-corrected chi connectivity index (χ4v) is 1.81. The van der Waals surface area contributed by atoms with E-state index in [4.69, 9.17) is 0 Å². The predicted molar refractivity (Wildman–Crippen MR) is 62.7 cm³/mol. The van der Waals surface area contributed by atoms with E-state index in [9.17, 15) is 9.18 Å². The van der Waals surface area contributed by atoms with Gasteiger partial charge in [0.15, 0.2) is 0 Å². The molecule has 1 saturated heterocycles. The monoisotopic (exact) mass is 238 g/mol. The van der Waals surface area contributed by atoms with E-state index in [1.807, 2.05) is 4.90 Å². The molecular formula is C11H15FN4O. The van der Waals surface area contributed by atoms with E-state index in [1.54, 1.807) is 0 Å². The van der Waals surface area contributed by atoms with Gasteiger partial charge in [-0.05, 0) is 0 Å². The van der Waals surface area contributed by atoms with E-state index < -0.39 is 5.82 Å². The van der Waals surface area contributed by atoms with Gasteiger partial charge in [-0.25, -0.2) is 9.37 Å². The van der Waals surface area contributed by atoms with Crippen LogP contribution >= 0.6 is 0 Å².